The molecule has 0 bridgehead atoms. The third-order valence-electron chi connectivity index (χ3n) is 3.90. The molecule has 0 fully saturated rings. The van der Waals surface area contributed by atoms with Gasteiger partial charge in [-0.1, -0.05) is 19.9 Å². The number of ketones is 1. The number of nitrogens with zero attached hydrogens (tertiary/aromatic N) is 1. The van der Waals surface area contributed by atoms with Gasteiger partial charge >= 0.3 is 0 Å². The highest BCUT2D eigenvalue weighted by Gasteiger charge is 2.34. The Balaban J connectivity index is 1.95. The summed E-state index contributed by atoms with van der Waals surface area (Å²) in [5.41, 5.74) is 5.04. The summed E-state index contributed by atoms with van der Waals surface area (Å²) in [7, 11) is 0. The number of benzene rings is 1. The molecule has 0 unspecified atom stereocenters. The summed E-state index contributed by atoms with van der Waals surface area (Å²) in [4.78, 5) is 12.4. The summed E-state index contributed by atoms with van der Waals surface area (Å²) in [6.45, 7) is 8.36. The number of anilines is 2. The van der Waals surface area contributed by atoms with Crippen LogP contribution in [0.1, 0.15) is 47.4 Å². The molecule has 1 aromatic heterocycles. The minimum absolute atomic E-state index is 0.00775. The number of carbonyl (C=O) groups excluding carboxylic acids is 1. The zero-order valence-electron chi connectivity index (χ0n) is 13.0. The fraction of sp³-hybridized carbons (Fsp3) is 0.412. The van der Waals surface area contributed by atoms with Crippen molar-refractivity contribution in [2.24, 2.45) is 5.41 Å². The highest BCUT2D eigenvalue weighted by molar-refractivity contribution is 6.03. The van der Waals surface area contributed by atoms with Gasteiger partial charge in [0.1, 0.15) is 0 Å². The molecule has 0 atom stereocenters. The second-order valence-corrected chi connectivity index (χ2v) is 6.87. The van der Waals surface area contributed by atoms with Crippen molar-refractivity contribution >= 4 is 17.3 Å². The molecule has 1 heterocycles. The lowest BCUT2D eigenvalue weighted by Crippen LogP contribution is -2.26. The number of H-pyrrole nitrogens is 1. The fourth-order valence-electron chi connectivity index (χ4n) is 3.14. The number of nitrogens with one attached hydrogen (secondary N) is 2. The van der Waals surface area contributed by atoms with Gasteiger partial charge in [0, 0.05) is 17.8 Å². The van der Waals surface area contributed by atoms with Crippen LogP contribution in [0.25, 0.3) is 0 Å². The number of carbonyl (C=O) groups is 1. The van der Waals surface area contributed by atoms with Crippen molar-refractivity contribution in [2.75, 3.05) is 5.32 Å². The predicted molar refractivity (Wildman–Crippen MR) is 84.2 cm³/mol. The van der Waals surface area contributed by atoms with E-state index in [1.807, 2.05) is 0 Å². The van der Waals surface area contributed by atoms with Crippen LogP contribution in [-0.2, 0) is 6.42 Å². The summed E-state index contributed by atoms with van der Waals surface area (Å²) < 4.78 is 0. The van der Waals surface area contributed by atoms with E-state index in [-0.39, 0.29) is 11.2 Å². The van der Waals surface area contributed by atoms with Crippen molar-refractivity contribution in [3.63, 3.8) is 0 Å². The monoisotopic (exact) mass is 283 g/mol. The van der Waals surface area contributed by atoms with Gasteiger partial charge in [-0.25, -0.2) is 0 Å². The van der Waals surface area contributed by atoms with Gasteiger partial charge in [0.25, 0.3) is 0 Å². The maximum absolute atomic E-state index is 12.4. The number of aryl methyl sites for hydroxylation is 2. The minimum Gasteiger partial charge on any atom is -0.338 e. The Morgan fingerprint density at radius 3 is 2.48 bits per heavy atom. The first-order valence-electron chi connectivity index (χ1n) is 7.30. The third kappa shape index (κ3) is 2.71. The number of aromatic amines is 1. The molecule has 2 aromatic rings. The molecule has 3 rings (SSSR count). The van der Waals surface area contributed by atoms with E-state index in [0.29, 0.717) is 12.2 Å². The van der Waals surface area contributed by atoms with E-state index in [4.69, 9.17) is 0 Å². The van der Waals surface area contributed by atoms with Gasteiger partial charge in [-0.15, -0.1) is 0 Å². The molecular formula is C17H21N3O. The van der Waals surface area contributed by atoms with Crippen LogP contribution in [0.15, 0.2) is 18.2 Å². The lowest BCUT2D eigenvalue weighted by atomic mass is 9.76. The molecule has 0 saturated heterocycles. The average molecular weight is 283 g/mol. The SMILES string of the molecule is Cc1cc(C)cc(Nc2n[nH]c3c2C(=O)CC(C)(C)C3)c1. The lowest BCUT2D eigenvalue weighted by Gasteiger charge is -2.27. The van der Waals surface area contributed by atoms with Crippen LogP contribution in [0.5, 0.6) is 0 Å². The number of hydrogen-bond acceptors (Lipinski definition) is 3. The van der Waals surface area contributed by atoms with E-state index < -0.39 is 0 Å². The summed E-state index contributed by atoms with van der Waals surface area (Å²) in [6, 6.07) is 6.25. The molecule has 21 heavy (non-hydrogen) atoms. The number of hydrogen-bond donors (Lipinski definition) is 2. The van der Waals surface area contributed by atoms with Crippen molar-refractivity contribution in [2.45, 2.75) is 40.5 Å². The van der Waals surface area contributed by atoms with E-state index in [1.165, 1.54) is 11.1 Å². The Labute approximate surface area is 125 Å². The predicted octanol–water partition coefficient (Wildman–Crippen LogP) is 3.93. The van der Waals surface area contributed by atoms with E-state index in [9.17, 15) is 4.79 Å². The van der Waals surface area contributed by atoms with Crippen LogP contribution in [-0.4, -0.2) is 16.0 Å². The summed E-state index contributed by atoms with van der Waals surface area (Å²) in [5.74, 6) is 0.817. The quantitative estimate of drug-likeness (QED) is 0.878. The van der Waals surface area contributed by atoms with E-state index in [2.05, 4.69) is 61.4 Å². The zero-order valence-corrected chi connectivity index (χ0v) is 13.0. The largest absolute Gasteiger partial charge is 0.338 e. The van der Waals surface area contributed by atoms with Crippen molar-refractivity contribution in [3.05, 3.63) is 40.6 Å². The summed E-state index contributed by atoms with van der Waals surface area (Å²) in [5, 5.41) is 10.6. The van der Waals surface area contributed by atoms with Gasteiger partial charge in [0.05, 0.1) is 5.56 Å². The first-order chi connectivity index (χ1) is 9.84. The topological polar surface area (TPSA) is 57.8 Å². The Morgan fingerprint density at radius 1 is 1.14 bits per heavy atom. The van der Waals surface area contributed by atoms with Gasteiger partial charge in [-0.05, 0) is 48.9 Å². The molecule has 1 aromatic carbocycles. The Kier molecular flexibility index (Phi) is 3.12. The number of aromatic nitrogens is 2. The molecule has 0 saturated carbocycles. The van der Waals surface area contributed by atoms with Gasteiger partial charge in [-0.3, -0.25) is 9.89 Å². The smallest absolute Gasteiger partial charge is 0.169 e. The zero-order chi connectivity index (χ0) is 15.2. The van der Waals surface area contributed by atoms with Crippen LogP contribution in [0, 0.1) is 19.3 Å². The average Bonchev–Trinajstić information content (AvgIpc) is 2.68. The van der Waals surface area contributed by atoms with Crippen LogP contribution >= 0.6 is 0 Å². The summed E-state index contributed by atoms with van der Waals surface area (Å²) in [6.07, 6.45) is 1.43. The maximum Gasteiger partial charge on any atom is 0.169 e. The van der Waals surface area contributed by atoms with E-state index in [0.717, 1.165) is 23.4 Å². The van der Waals surface area contributed by atoms with Crippen molar-refractivity contribution in [1.82, 2.24) is 10.2 Å². The maximum atomic E-state index is 12.4. The van der Waals surface area contributed by atoms with Crippen molar-refractivity contribution < 1.29 is 4.79 Å². The standard InChI is InChI=1S/C17H21N3O/c1-10-5-11(2)7-12(6-10)18-16-15-13(19-20-16)8-17(3,4)9-14(15)21/h5-7H,8-9H2,1-4H3,(H2,18,19,20). The molecule has 110 valence electrons. The van der Waals surface area contributed by atoms with Gasteiger partial charge in [-0.2, -0.15) is 5.10 Å². The molecule has 1 aliphatic carbocycles. The number of rotatable bonds is 2. The third-order valence-corrected chi connectivity index (χ3v) is 3.90. The van der Waals surface area contributed by atoms with Gasteiger partial charge in [0.2, 0.25) is 0 Å². The molecular weight excluding hydrogens is 262 g/mol. The number of fused-ring (bicyclic) bond motifs is 1. The van der Waals surface area contributed by atoms with Gasteiger partial charge < -0.3 is 5.32 Å². The van der Waals surface area contributed by atoms with Crippen LogP contribution in [0.3, 0.4) is 0 Å². The highest BCUT2D eigenvalue weighted by atomic mass is 16.1. The van der Waals surface area contributed by atoms with Crippen molar-refractivity contribution in [1.29, 1.82) is 0 Å². The van der Waals surface area contributed by atoms with E-state index >= 15 is 0 Å². The molecule has 0 aliphatic heterocycles. The Hall–Kier alpha value is -2.10. The number of Topliss-reactive ketones (excluding diaryl/α,β-unsaturated/α-hetero) is 1. The first kappa shape index (κ1) is 13.9. The Morgan fingerprint density at radius 2 is 1.81 bits per heavy atom. The van der Waals surface area contributed by atoms with Gasteiger partial charge in [0.15, 0.2) is 11.6 Å². The van der Waals surface area contributed by atoms with Crippen LogP contribution in [0.2, 0.25) is 0 Å². The first-order valence-corrected chi connectivity index (χ1v) is 7.30. The van der Waals surface area contributed by atoms with Crippen molar-refractivity contribution in [3.8, 4) is 0 Å². The highest BCUT2D eigenvalue weighted by Crippen LogP contribution is 2.37. The minimum atomic E-state index is 0.00775. The summed E-state index contributed by atoms with van der Waals surface area (Å²) >= 11 is 0. The molecule has 1 aliphatic rings. The van der Waals surface area contributed by atoms with Crippen LogP contribution in [0.4, 0.5) is 11.5 Å². The Bertz CT molecular complexity index is 693. The molecule has 4 heteroatoms. The molecule has 4 nitrogen and oxygen atoms in total. The normalized spacial score (nSPS) is 16.7. The molecule has 0 spiro atoms. The second-order valence-electron chi connectivity index (χ2n) is 6.87. The molecule has 2 N–H and O–H groups in total. The van der Waals surface area contributed by atoms with Crippen LogP contribution < -0.4 is 5.32 Å². The fourth-order valence-corrected chi connectivity index (χ4v) is 3.14. The van der Waals surface area contributed by atoms with E-state index in [1.54, 1.807) is 0 Å². The molecule has 0 radical (unpaired) electrons. The lowest BCUT2D eigenvalue weighted by molar-refractivity contribution is 0.0912. The second kappa shape index (κ2) is 4.72. The molecule has 0 amide bonds.